The fraction of sp³-hybridized carbons (Fsp3) is 0.458. The van der Waals surface area contributed by atoms with Crippen molar-refractivity contribution in [2.24, 2.45) is 0 Å². The molecule has 2 unspecified atom stereocenters. The molecule has 1 fully saturated rings. The van der Waals surface area contributed by atoms with Gasteiger partial charge in [-0.05, 0) is 18.6 Å². The normalized spacial score (nSPS) is 26.0. The van der Waals surface area contributed by atoms with Crippen LogP contribution in [0.4, 0.5) is 0 Å². The van der Waals surface area contributed by atoms with Crippen molar-refractivity contribution in [2.45, 2.75) is 43.4 Å². The van der Waals surface area contributed by atoms with Gasteiger partial charge in [0.1, 0.15) is 37.6 Å². The quantitative estimate of drug-likeness (QED) is 0.315. The first-order chi connectivity index (χ1) is 15.9. The molecule has 0 aromatic heterocycles. The Hall–Kier alpha value is -1.02. The molecule has 182 valence electrons. The van der Waals surface area contributed by atoms with Crippen LogP contribution in [-0.2, 0) is 17.6 Å². The third-order valence-electron chi connectivity index (χ3n) is 5.82. The summed E-state index contributed by atoms with van der Waals surface area (Å²) in [6, 6.07) is 10.4. The molecule has 0 bridgehead atoms. The average molecular weight is 717 g/mol. The molecule has 4 N–H and O–H groups in total. The van der Waals surface area contributed by atoms with Gasteiger partial charge in [-0.25, -0.2) is 0 Å². The van der Waals surface area contributed by atoms with E-state index in [1.54, 1.807) is 6.07 Å². The molecule has 2 aliphatic heterocycles. The summed E-state index contributed by atoms with van der Waals surface area (Å²) in [5, 5.41) is 40.6. The van der Waals surface area contributed by atoms with Gasteiger partial charge in [0.2, 0.25) is 0 Å². The maximum absolute atomic E-state index is 10.5. The summed E-state index contributed by atoms with van der Waals surface area (Å²) in [6.07, 6.45) is -5.44. The van der Waals surface area contributed by atoms with Gasteiger partial charge in [-0.15, -0.1) is 12.1 Å². The second kappa shape index (κ2) is 12.3. The molecule has 8 nitrogen and oxygen atoms in total. The van der Waals surface area contributed by atoms with Crippen molar-refractivity contribution in [3.63, 3.8) is 0 Å². The van der Waals surface area contributed by atoms with Crippen molar-refractivity contribution in [1.29, 1.82) is 0 Å². The Morgan fingerprint density at radius 1 is 1.03 bits per heavy atom. The van der Waals surface area contributed by atoms with Gasteiger partial charge >= 0.3 is 31.1 Å². The van der Waals surface area contributed by atoms with Gasteiger partial charge in [0.05, 0.1) is 17.7 Å². The summed E-state index contributed by atoms with van der Waals surface area (Å²) in [4.78, 5) is 0. The average Bonchev–Trinajstić information content (AvgIpc) is 2.83. The fourth-order valence-electron chi connectivity index (χ4n) is 4.12. The van der Waals surface area contributed by atoms with Crippen LogP contribution in [0.25, 0.3) is 0 Å². The third kappa shape index (κ3) is 5.85. The van der Waals surface area contributed by atoms with Gasteiger partial charge in [0.25, 0.3) is 0 Å². The molecular weight excluding hydrogens is 690 g/mol. The number of hydrogen-bond donors (Lipinski definition) is 4. The van der Waals surface area contributed by atoms with E-state index in [1.807, 2.05) is 18.2 Å². The van der Waals surface area contributed by atoms with Crippen molar-refractivity contribution in [3.8, 4) is 17.2 Å². The van der Waals surface area contributed by atoms with Crippen LogP contribution in [0.1, 0.15) is 16.7 Å². The summed E-state index contributed by atoms with van der Waals surface area (Å²) in [5.41, 5.74) is 2.40. The molecule has 5 atom stereocenters. The molecule has 0 spiro atoms. The summed E-state index contributed by atoms with van der Waals surface area (Å²) in [7, 11) is 0. The Labute approximate surface area is 227 Å². The number of ether oxygens (including phenoxy) is 4. The Kier molecular flexibility index (Phi) is 9.96. The summed E-state index contributed by atoms with van der Waals surface area (Å²) in [5.74, 6) is 1.48. The monoisotopic (exact) mass is 716 g/mol. The molecule has 1 saturated heterocycles. The number of fused-ring (bicyclic) bond motifs is 1. The van der Waals surface area contributed by atoms with E-state index in [1.165, 1.54) is 0 Å². The standard InChI is InChI=1S/C24H27ClO8.U/c1-2-30-16-5-3-13(4-6-16)9-14-10-15(23-24(19(14)25)32-8-7-31-23)11-17-20(27)22(29)21(28)18(12-26)33-17;/h3-5,10,17-18,20-22,26-29H,1-2,7-9,11-12H2;/q-2;+2/t17?,18?,20-,21+,22+;/m0./s1. The van der Waals surface area contributed by atoms with E-state index in [0.29, 0.717) is 54.1 Å². The van der Waals surface area contributed by atoms with Gasteiger partial charge in [0, 0.05) is 17.7 Å². The number of aliphatic hydroxyl groups is 4. The molecular formula is C24H27ClO8U. The molecule has 4 rings (SSSR count). The molecule has 0 radical (unpaired) electrons. The summed E-state index contributed by atoms with van der Waals surface area (Å²) < 4.78 is 22.6. The van der Waals surface area contributed by atoms with Crippen LogP contribution < -0.4 is 14.2 Å². The molecule has 10 heteroatoms. The minimum absolute atomic E-state index is 0. The maximum Gasteiger partial charge on any atom is 2.00 e. The Morgan fingerprint density at radius 2 is 1.74 bits per heavy atom. The minimum atomic E-state index is -1.45. The summed E-state index contributed by atoms with van der Waals surface area (Å²) >= 11 is 6.65. The van der Waals surface area contributed by atoms with Gasteiger partial charge < -0.3 is 46.3 Å². The number of hydrogen-bond acceptors (Lipinski definition) is 8. The van der Waals surface area contributed by atoms with E-state index in [0.717, 1.165) is 11.1 Å². The van der Waals surface area contributed by atoms with Crippen molar-refractivity contribution in [2.75, 3.05) is 26.4 Å². The topological polar surface area (TPSA) is 118 Å². The van der Waals surface area contributed by atoms with Crippen LogP contribution in [0.5, 0.6) is 17.2 Å². The van der Waals surface area contributed by atoms with Crippen LogP contribution >= 0.6 is 11.6 Å². The van der Waals surface area contributed by atoms with Crippen molar-refractivity contribution in [3.05, 3.63) is 59.0 Å². The predicted molar refractivity (Wildman–Crippen MR) is 119 cm³/mol. The van der Waals surface area contributed by atoms with E-state index < -0.39 is 37.1 Å². The Bertz CT molecular complexity index is 955. The van der Waals surface area contributed by atoms with E-state index in [2.05, 4.69) is 13.0 Å². The van der Waals surface area contributed by atoms with Crippen LogP contribution in [0.15, 0.2) is 24.3 Å². The van der Waals surface area contributed by atoms with Crippen molar-refractivity contribution < 1.29 is 70.5 Å². The second-order valence-electron chi connectivity index (χ2n) is 8.02. The second-order valence-corrected chi connectivity index (χ2v) is 8.40. The Balaban J connectivity index is 0.00000324. The number of halogens is 1. The third-order valence-corrected chi connectivity index (χ3v) is 6.23. The van der Waals surface area contributed by atoms with Gasteiger partial charge in [0.15, 0.2) is 11.5 Å². The smallest absolute Gasteiger partial charge is 0.551 e. The van der Waals surface area contributed by atoms with Crippen LogP contribution in [0.2, 0.25) is 5.02 Å². The first-order valence-electron chi connectivity index (χ1n) is 10.8. The molecule has 34 heavy (non-hydrogen) atoms. The maximum atomic E-state index is 10.5. The van der Waals surface area contributed by atoms with Crippen LogP contribution in [-0.4, -0.2) is 77.4 Å². The number of benzene rings is 2. The first-order valence-corrected chi connectivity index (χ1v) is 11.1. The zero-order chi connectivity index (χ0) is 23.5. The molecule has 0 aliphatic carbocycles. The first kappa shape index (κ1) is 27.6. The molecule has 0 amide bonds. The summed E-state index contributed by atoms with van der Waals surface area (Å²) in [6.45, 7) is 4.16. The van der Waals surface area contributed by atoms with Crippen LogP contribution in [0, 0.1) is 44.1 Å². The predicted octanol–water partition coefficient (Wildman–Crippen LogP) is 1.10. The molecule has 2 aromatic rings. The van der Waals surface area contributed by atoms with E-state index in [4.69, 9.17) is 30.5 Å². The SMILES string of the molecule is [CH2-]COc1[c-]cc(Cc2cc(CC3OC(CO)[C@@H](O)[C@H](O)[C@H]3O)c3c(c2Cl)OCCO3)cc1.[U+2]. The van der Waals surface area contributed by atoms with E-state index in [-0.39, 0.29) is 37.5 Å². The van der Waals surface area contributed by atoms with Gasteiger partial charge in [-0.3, -0.25) is 0 Å². The zero-order valence-electron chi connectivity index (χ0n) is 18.4. The molecule has 2 aromatic carbocycles. The number of aliphatic hydroxyl groups excluding tert-OH is 4. The molecule has 2 aliphatic rings. The van der Waals surface area contributed by atoms with Gasteiger partial charge in [-0.2, -0.15) is 17.7 Å². The molecule has 0 saturated carbocycles. The Morgan fingerprint density at radius 3 is 2.38 bits per heavy atom. The largest absolute Gasteiger partial charge is 2.00 e. The van der Waals surface area contributed by atoms with E-state index >= 15 is 0 Å². The zero-order valence-corrected chi connectivity index (χ0v) is 23.4. The van der Waals surface area contributed by atoms with Crippen molar-refractivity contribution in [1.82, 2.24) is 0 Å². The number of rotatable bonds is 7. The molecule has 2 heterocycles. The minimum Gasteiger partial charge on any atom is -0.551 e. The fourth-order valence-corrected chi connectivity index (χ4v) is 4.38. The van der Waals surface area contributed by atoms with Crippen LogP contribution in [0.3, 0.4) is 0 Å². The van der Waals surface area contributed by atoms with E-state index in [9.17, 15) is 20.4 Å². The van der Waals surface area contributed by atoms with Gasteiger partial charge in [-0.1, -0.05) is 17.7 Å². The van der Waals surface area contributed by atoms with Crippen molar-refractivity contribution >= 4 is 11.6 Å².